The quantitative estimate of drug-likeness (QED) is 0.819. The van der Waals surface area contributed by atoms with E-state index in [9.17, 15) is 9.59 Å². The van der Waals surface area contributed by atoms with E-state index < -0.39 is 12.2 Å². The molecule has 0 saturated carbocycles. The molecule has 6 heteroatoms. The molecule has 2 amide bonds. The number of carbonyl (C=O) groups is 2. The highest BCUT2D eigenvalue weighted by Crippen LogP contribution is 2.11. The van der Waals surface area contributed by atoms with Crippen LogP contribution in [0.3, 0.4) is 0 Å². The Labute approximate surface area is 104 Å². The highest BCUT2D eigenvalue weighted by Gasteiger charge is 2.24. The van der Waals surface area contributed by atoms with Crippen molar-refractivity contribution in [3.05, 3.63) is 30.3 Å². The molecule has 0 unspecified atom stereocenters. The van der Waals surface area contributed by atoms with Crippen molar-refractivity contribution in [2.24, 2.45) is 0 Å². The van der Waals surface area contributed by atoms with Gasteiger partial charge in [0.2, 0.25) is 0 Å². The Morgan fingerprint density at radius 3 is 2.11 bits per heavy atom. The molecular formula is C12H14N2O4. The normalized spacial score (nSPS) is 15.3. The van der Waals surface area contributed by atoms with E-state index in [0.717, 1.165) is 0 Å². The number of carboxylic acid groups (broad SMARTS) is 1. The predicted molar refractivity (Wildman–Crippen MR) is 63.6 cm³/mol. The molecule has 6 nitrogen and oxygen atoms in total. The maximum atomic E-state index is 11.8. The number of nitrogens with zero attached hydrogens (tertiary/aromatic N) is 2. The summed E-state index contributed by atoms with van der Waals surface area (Å²) in [5.41, 5.74) is 0. The standard InChI is InChI=1S/C12H14N2O4/c15-11(16)13-6-8-14(9-7-13)12(17)18-10-4-2-1-3-5-10/h1-5H,6-9H2,(H,15,16). The monoisotopic (exact) mass is 250 g/mol. The third-order valence-corrected chi connectivity index (χ3v) is 2.76. The fraction of sp³-hybridized carbons (Fsp3) is 0.333. The van der Waals surface area contributed by atoms with Crippen LogP contribution >= 0.6 is 0 Å². The second-order valence-corrected chi connectivity index (χ2v) is 3.94. The fourth-order valence-corrected chi connectivity index (χ4v) is 1.73. The van der Waals surface area contributed by atoms with E-state index in [-0.39, 0.29) is 0 Å². The number of para-hydroxylation sites is 1. The molecule has 96 valence electrons. The van der Waals surface area contributed by atoms with Crippen molar-refractivity contribution in [1.82, 2.24) is 9.80 Å². The van der Waals surface area contributed by atoms with Crippen molar-refractivity contribution < 1.29 is 19.4 Å². The van der Waals surface area contributed by atoms with Crippen molar-refractivity contribution >= 4 is 12.2 Å². The molecule has 2 rings (SSSR count). The van der Waals surface area contributed by atoms with Crippen molar-refractivity contribution in [2.75, 3.05) is 26.2 Å². The van der Waals surface area contributed by atoms with Crippen LogP contribution in [-0.4, -0.2) is 53.3 Å². The number of rotatable bonds is 1. The Morgan fingerprint density at radius 2 is 1.56 bits per heavy atom. The number of piperazine rings is 1. The van der Waals surface area contributed by atoms with Gasteiger partial charge in [0.05, 0.1) is 0 Å². The van der Waals surface area contributed by atoms with Gasteiger partial charge in [-0.3, -0.25) is 0 Å². The van der Waals surface area contributed by atoms with Crippen LogP contribution in [0.2, 0.25) is 0 Å². The molecule has 1 aromatic rings. The zero-order valence-corrected chi connectivity index (χ0v) is 9.78. The fourth-order valence-electron chi connectivity index (χ4n) is 1.73. The van der Waals surface area contributed by atoms with Crippen LogP contribution in [-0.2, 0) is 0 Å². The minimum absolute atomic E-state index is 0.319. The second kappa shape index (κ2) is 5.39. The lowest BCUT2D eigenvalue weighted by molar-refractivity contribution is 0.0974. The van der Waals surface area contributed by atoms with Crippen molar-refractivity contribution in [3.63, 3.8) is 0 Å². The van der Waals surface area contributed by atoms with E-state index in [1.165, 1.54) is 9.80 Å². The van der Waals surface area contributed by atoms with Crippen molar-refractivity contribution in [1.29, 1.82) is 0 Å². The topological polar surface area (TPSA) is 70.1 Å². The zero-order valence-electron chi connectivity index (χ0n) is 9.78. The van der Waals surface area contributed by atoms with Gasteiger partial charge in [0.15, 0.2) is 0 Å². The summed E-state index contributed by atoms with van der Waals surface area (Å²) in [4.78, 5) is 25.3. The first-order chi connectivity index (χ1) is 8.66. The van der Waals surface area contributed by atoms with Gasteiger partial charge >= 0.3 is 12.2 Å². The Morgan fingerprint density at radius 1 is 1.00 bits per heavy atom. The van der Waals surface area contributed by atoms with Gasteiger partial charge in [-0.15, -0.1) is 0 Å². The van der Waals surface area contributed by atoms with Gasteiger partial charge in [-0.05, 0) is 12.1 Å². The molecule has 1 fully saturated rings. The van der Waals surface area contributed by atoms with Crippen LogP contribution in [0.5, 0.6) is 5.75 Å². The number of carbonyl (C=O) groups excluding carboxylic acids is 1. The Hall–Kier alpha value is -2.24. The Kier molecular flexibility index (Phi) is 3.66. The van der Waals surface area contributed by atoms with Crippen LogP contribution in [0, 0.1) is 0 Å². The van der Waals surface area contributed by atoms with Gasteiger partial charge in [0, 0.05) is 26.2 Å². The minimum Gasteiger partial charge on any atom is -0.465 e. The van der Waals surface area contributed by atoms with Crippen molar-refractivity contribution in [3.8, 4) is 5.75 Å². The number of amides is 2. The largest absolute Gasteiger partial charge is 0.465 e. The van der Waals surface area contributed by atoms with E-state index in [4.69, 9.17) is 9.84 Å². The third-order valence-electron chi connectivity index (χ3n) is 2.76. The van der Waals surface area contributed by atoms with Gasteiger partial charge in [0.25, 0.3) is 0 Å². The lowest BCUT2D eigenvalue weighted by Gasteiger charge is -2.32. The first kappa shape index (κ1) is 12.2. The van der Waals surface area contributed by atoms with E-state index in [1.807, 2.05) is 6.07 Å². The number of hydrogen-bond donors (Lipinski definition) is 1. The smallest absolute Gasteiger partial charge is 0.415 e. The van der Waals surface area contributed by atoms with Gasteiger partial charge in [-0.2, -0.15) is 0 Å². The molecule has 18 heavy (non-hydrogen) atoms. The first-order valence-corrected chi connectivity index (χ1v) is 5.66. The van der Waals surface area contributed by atoms with E-state index in [1.54, 1.807) is 24.3 Å². The number of hydrogen-bond acceptors (Lipinski definition) is 3. The minimum atomic E-state index is -0.953. The molecule has 0 bridgehead atoms. The summed E-state index contributed by atoms with van der Waals surface area (Å²) in [7, 11) is 0. The van der Waals surface area contributed by atoms with E-state index in [2.05, 4.69) is 0 Å². The summed E-state index contributed by atoms with van der Waals surface area (Å²) in [6.45, 7) is 1.36. The highest BCUT2D eigenvalue weighted by molar-refractivity contribution is 5.71. The van der Waals surface area contributed by atoms with Crippen LogP contribution < -0.4 is 4.74 Å². The summed E-state index contributed by atoms with van der Waals surface area (Å²) >= 11 is 0. The van der Waals surface area contributed by atoms with Crippen LogP contribution in [0.25, 0.3) is 0 Å². The molecule has 0 aliphatic carbocycles. The van der Waals surface area contributed by atoms with E-state index in [0.29, 0.717) is 31.9 Å². The first-order valence-electron chi connectivity index (χ1n) is 5.66. The summed E-state index contributed by atoms with van der Waals surface area (Å²) < 4.78 is 5.17. The molecule has 1 saturated heterocycles. The van der Waals surface area contributed by atoms with Gasteiger partial charge in [-0.1, -0.05) is 18.2 Å². The van der Waals surface area contributed by atoms with Gasteiger partial charge in [-0.25, -0.2) is 9.59 Å². The summed E-state index contributed by atoms with van der Waals surface area (Å²) in [6, 6.07) is 8.80. The van der Waals surface area contributed by atoms with Crippen LogP contribution in [0.15, 0.2) is 30.3 Å². The molecule has 0 radical (unpaired) electrons. The molecule has 0 aromatic heterocycles. The maximum Gasteiger partial charge on any atom is 0.415 e. The van der Waals surface area contributed by atoms with Crippen LogP contribution in [0.1, 0.15) is 0 Å². The van der Waals surface area contributed by atoms with Gasteiger partial charge in [0.1, 0.15) is 5.75 Å². The Bertz CT molecular complexity index is 427. The average Bonchev–Trinajstić information content (AvgIpc) is 2.40. The molecule has 0 spiro atoms. The highest BCUT2D eigenvalue weighted by atomic mass is 16.6. The van der Waals surface area contributed by atoms with Crippen molar-refractivity contribution in [2.45, 2.75) is 0 Å². The molecule has 1 aliphatic heterocycles. The number of ether oxygens (including phenoxy) is 1. The molecular weight excluding hydrogens is 236 g/mol. The summed E-state index contributed by atoms with van der Waals surface area (Å²) in [5.74, 6) is 0.489. The molecule has 1 heterocycles. The molecule has 0 atom stereocenters. The summed E-state index contributed by atoms with van der Waals surface area (Å²) in [6.07, 6.45) is -1.39. The molecule has 1 aromatic carbocycles. The lowest BCUT2D eigenvalue weighted by atomic mass is 10.3. The molecule has 1 N–H and O–H groups in total. The average molecular weight is 250 g/mol. The Balaban J connectivity index is 1.86. The van der Waals surface area contributed by atoms with Crippen LogP contribution in [0.4, 0.5) is 9.59 Å². The summed E-state index contributed by atoms with van der Waals surface area (Å²) in [5, 5.41) is 8.79. The second-order valence-electron chi connectivity index (χ2n) is 3.94. The number of benzene rings is 1. The van der Waals surface area contributed by atoms with Gasteiger partial charge < -0.3 is 19.6 Å². The third kappa shape index (κ3) is 2.91. The maximum absolute atomic E-state index is 11.8. The zero-order chi connectivity index (χ0) is 13.0. The predicted octanol–water partition coefficient (Wildman–Crippen LogP) is 1.48. The molecule has 1 aliphatic rings. The van der Waals surface area contributed by atoms with E-state index >= 15 is 0 Å². The lowest BCUT2D eigenvalue weighted by Crippen LogP contribution is -2.51. The SMILES string of the molecule is O=C(O)N1CCN(C(=O)Oc2ccccc2)CC1.